The maximum Gasteiger partial charge on any atom is 0.113 e. The van der Waals surface area contributed by atoms with E-state index in [4.69, 9.17) is 10.2 Å². The fourth-order valence-electron chi connectivity index (χ4n) is 5.38. The molecule has 0 atom stereocenters. The molecule has 3 nitrogen and oxygen atoms in total. The van der Waals surface area contributed by atoms with Crippen LogP contribution in [0.3, 0.4) is 0 Å². The van der Waals surface area contributed by atoms with Crippen molar-refractivity contribution < 1.29 is 0 Å². The van der Waals surface area contributed by atoms with E-state index in [1.807, 2.05) is 0 Å². The number of benzene rings is 1. The summed E-state index contributed by atoms with van der Waals surface area (Å²) in [7, 11) is 0. The maximum atomic E-state index is 4.81. The molecule has 4 fully saturated rings. The molecular weight excluding hydrogens is 234 g/mol. The van der Waals surface area contributed by atoms with E-state index in [0.717, 1.165) is 28.8 Å². The molecule has 3 heteroatoms. The molecule has 4 saturated carbocycles. The average molecular weight is 253 g/mol. The van der Waals surface area contributed by atoms with Crippen molar-refractivity contribution in [2.45, 2.75) is 44.1 Å². The Bertz CT molecular complexity index is 574. The predicted molar refractivity (Wildman–Crippen MR) is 73.7 cm³/mol. The third kappa shape index (κ3) is 1.39. The minimum Gasteiger partial charge on any atom is -0.177 e. The molecule has 1 heterocycles. The Morgan fingerprint density at radius 2 is 1.32 bits per heavy atom. The molecule has 0 spiro atoms. The normalized spacial score (nSPS) is 40.1. The van der Waals surface area contributed by atoms with Gasteiger partial charge in [0.1, 0.15) is 11.0 Å². The van der Waals surface area contributed by atoms with Crippen LogP contribution in [0, 0.1) is 17.8 Å². The highest BCUT2D eigenvalue weighted by Crippen LogP contribution is 2.58. The van der Waals surface area contributed by atoms with E-state index in [1.165, 1.54) is 38.5 Å². The van der Waals surface area contributed by atoms with Crippen molar-refractivity contribution in [1.82, 2.24) is 15.0 Å². The molecule has 0 unspecified atom stereocenters. The van der Waals surface area contributed by atoms with Crippen molar-refractivity contribution in [2.75, 3.05) is 0 Å². The molecule has 4 aliphatic rings. The molecule has 0 radical (unpaired) electrons. The van der Waals surface area contributed by atoms with Gasteiger partial charge in [-0.25, -0.2) is 0 Å². The summed E-state index contributed by atoms with van der Waals surface area (Å²) in [4.78, 5) is 2.11. The number of nitrogens with zero attached hydrogens (tertiary/aromatic N) is 3. The number of hydrogen-bond acceptors (Lipinski definition) is 2. The molecule has 1 aromatic carbocycles. The summed E-state index contributed by atoms with van der Waals surface area (Å²) in [5.41, 5.74) is 2.37. The van der Waals surface area contributed by atoms with Gasteiger partial charge in [0.15, 0.2) is 0 Å². The zero-order valence-corrected chi connectivity index (χ0v) is 11.1. The zero-order valence-electron chi connectivity index (χ0n) is 11.1. The molecule has 6 rings (SSSR count). The van der Waals surface area contributed by atoms with Crippen molar-refractivity contribution in [3.8, 4) is 0 Å². The molecule has 0 N–H and O–H groups in total. The lowest BCUT2D eigenvalue weighted by atomic mass is 9.53. The van der Waals surface area contributed by atoms with Gasteiger partial charge in [0, 0.05) is 0 Å². The summed E-state index contributed by atoms with van der Waals surface area (Å²) in [6.07, 6.45) is 8.38. The van der Waals surface area contributed by atoms with Crippen molar-refractivity contribution in [3.05, 3.63) is 24.3 Å². The van der Waals surface area contributed by atoms with Crippen LogP contribution in [0.2, 0.25) is 0 Å². The SMILES string of the molecule is c1ccc2nn(C34CC5CC(CC(C5)C3)C4)nc2c1. The minimum atomic E-state index is 0.258. The predicted octanol–water partition coefficient (Wildman–Crippen LogP) is 3.36. The van der Waals surface area contributed by atoms with Gasteiger partial charge < -0.3 is 0 Å². The Balaban J connectivity index is 1.64. The first-order valence-electron chi connectivity index (χ1n) is 7.63. The zero-order chi connectivity index (χ0) is 12.4. The number of aromatic nitrogens is 3. The van der Waals surface area contributed by atoms with Crippen LogP contribution < -0.4 is 0 Å². The van der Waals surface area contributed by atoms with E-state index in [0.29, 0.717) is 0 Å². The van der Waals surface area contributed by atoms with Crippen molar-refractivity contribution >= 4 is 11.0 Å². The second-order valence-corrected chi connectivity index (χ2v) is 7.12. The number of rotatable bonds is 1. The van der Waals surface area contributed by atoms with Crippen LogP contribution in [0.4, 0.5) is 0 Å². The first kappa shape index (κ1) is 10.4. The number of hydrogen-bond donors (Lipinski definition) is 0. The Kier molecular flexibility index (Phi) is 1.85. The monoisotopic (exact) mass is 253 g/mol. The summed E-state index contributed by atoms with van der Waals surface area (Å²) < 4.78 is 0. The fraction of sp³-hybridized carbons (Fsp3) is 0.625. The summed E-state index contributed by atoms with van der Waals surface area (Å²) in [6.45, 7) is 0. The van der Waals surface area contributed by atoms with Crippen LogP contribution in [-0.2, 0) is 5.54 Å². The first-order chi connectivity index (χ1) is 9.31. The summed E-state index contributed by atoms with van der Waals surface area (Å²) >= 11 is 0. The largest absolute Gasteiger partial charge is 0.177 e. The van der Waals surface area contributed by atoms with Crippen molar-refractivity contribution in [1.29, 1.82) is 0 Å². The summed E-state index contributed by atoms with van der Waals surface area (Å²) in [5, 5.41) is 9.62. The summed E-state index contributed by atoms with van der Waals surface area (Å²) in [5.74, 6) is 2.83. The van der Waals surface area contributed by atoms with Gasteiger partial charge in [0.05, 0.1) is 5.54 Å². The van der Waals surface area contributed by atoms with Crippen LogP contribution in [0.25, 0.3) is 11.0 Å². The van der Waals surface area contributed by atoms with E-state index < -0.39 is 0 Å². The van der Waals surface area contributed by atoms with Gasteiger partial charge in [0.2, 0.25) is 0 Å². The Labute approximate surface area is 113 Å². The maximum absolute atomic E-state index is 4.81. The smallest absolute Gasteiger partial charge is 0.113 e. The van der Waals surface area contributed by atoms with Gasteiger partial charge in [-0.05, 0) is 68.4 Å². The molecule has 0 aliphatic heterocycles. The molecule has 0 amide bonds. The minimum absolute atomic E-state index is 0.258. The lowest BCUT2D eigenvalue weighted by molar-refractivity contribution is -0.0561. The molecule has 0 saturated heterocycles. The lowest BCUT2D eigenvalue weighted by Gasteiger charge is -2.55. The molecule has 98 valence electrons. The molecule has 4 bridgehead atoms. The molecular formula is C16H19N3. The summed E-state index contributed by atoms with van der Waals surface area (Å²) in [6, 6.07) is 8.28. The van der Waals surface area contributed by atoms with E-state index in [1.54, 1.807) is 0 Å². The fourth-order valence-corrected chi connectivity index (χ4v) is 5.38. The molecule has 19 heavy (non-hydrogen) atoms. The van der Waals surface area contributed by atoms with Crippen molar-refractivity contribution in [3.63, 3.8) is 0 Å². The Morgan fingerprint density at radius 3 is 1.79 bits per heavy atom. The highest BCUT2D eigenvalue weighted by molar-refractivity contribution is 5.73. The second kappa shape index (κ2) is 3.38. The van der Waals surface area contributed by atoms with Crippen LogP contribution in [0.5, 0.6) is 0 Å². The Hall–Kier alpha value is -1.38. The van der Waals surface area contributed by atoms with Gasteiger partial charge in [-0.3, -0.25) is 0 Å². The first-order valence-corrected chi connectivity index (χ1v) is 7.63. The molecule has 1 aromatic heterocycles. The van der Waals surface area contributed by atoms with Gasteiger partial charge in [0.25, 0.3) is 0 Å². The van der Waals surface area contributed by atoms with Crippen LogP contribution in [-0.4, -0.2) is 15.0 Å². The van der Waals surface area contributed by atoms with Gasteiger partial charge in [-0.1, -0.05) is 12.1 Å². The van der Waals surface area contributed by atoms with Crippen molar-refractivity contribution in [2.24, 2.45) is 17.8 Å². The average Bonchev–Trinajstić information content (AvgIpc) is 2.81. The third-order valence-corrected chi connectivity index (χ3v) is 5.72. The van der Waals surface area contributed by atoms with Gasteiger partial charge in [-0.2, -0.15) is 15.0 Å². The molecule has 4 aliphatic carbocycles. The van der Waals surface area contributed by atoms with Crippen LogP contribution in [0.1, 0.15) is 38.5 Å². The van der Waals surface area contributed by atoms with Gasteiger partial charge in [-0.15, -0.1) is 0 Å². The highest BCUT2D eigenvalue weighted by atomic mass is 15.5. The van der Waals surface area contributed by atoms with E-state index >= 15 is 0 Å². The second-order valence-electron chi connectivity index (χ2n) is 7.12. The molecule has 2 aromatic rings. The van der Waals surface area contributed by atoms with Gasteiger partial charge >= 0.3 is 0 Å². The van der Waals surface area contributed by atoms with E-state index in [-0.39, 0.29) is 5.54 Å². The quantitative estimate of drug-likeness (QED) is 0.780. The lowest BCUT2D eigenvalue weighted by Crippen LogP contribution is -2.52. The topological polar surface area (TPSA) is 30.7 Å². The van der Waals surface area contributed by atoms with Crippen LogP contribution in [0.15, 0.2) is 24.3 Å². The van der Waals surface area contributed by atoms with E-state index in [2.05, 4.69) is 29.1 Å². The number of fused-ring (bicyclic) bond motifs is 1. The third-order valence-electron chi connectivity index (χ3n) is 5.72. The highest BCUT2D eigenvalue weighted by Gasteiger charge is 2.53. The Morgan fingerprint density at radius 1 is 0.842 bits per heavy atom. The van der Waals surface area contributed by atoms with E-state index in [9.17, 15) is 0 Å². The van der Waals surface area contributed by atoms with Crippen LogP contribution >= 0.6 is 0 Å². The standard InChI is InChI=1S/C16H19N3/c1-2-4-15-14(3-1)17-19(18-15)16-8-11-5-12(9-16)7-13(6-11)10-16/h1-4,11-13H,5-10H2.